The van der Waals surface area contributed by atoms with E-state index >= 15 is 0 Å². The van der Waals surface area contributed by atoms with Crippen molar-refractivity contribution in [3.8, 4) is 0 Å². The quantitative estimate of drug-likeness (QED) is 0.764. The molecule has 0 aliphatic carbocycles. The zero-order chi connectivity index (χ0) is 14.0. The van der Waals surface area contributed by atoms with Gasteiger partial charge in [-0.1, -0.05) is 11.3 Å². The summed E-state index contributed by atoms with van der Waals surface area (Å²) < 4.78 is 0. The van der Waals surface area contributed by atoms with E-state index in [9.17, 15) is 9.90 Å². The van der Waals surface area contributed by atoms with Crippen LogP contribution in [0.2, 0.25) is 0 Å². The molecule has 19 heavy (non-hydrogen) atoms. The summed E-state index contributed by atoms with van der Waals surface area (Å²) in [6.45, 7) is 5.44. The van der Waals surface area contributed by atoms with Crippen molar-refractivity contribution in [2.75, 3.05) is 5.32 Å². The number of aryl methyl sites for hydroxylation is 1. The summed E-state index contributed by atoms with van der Waals surface area (Å²) in [7, 11) is 0. The third kappa shape index (κ3) is 3.58. The van der Waals surface area contributed by atoms with Crippen LogP contribution in [0.1, 0.15) is 29.6 Å². The summed E-state index contributed by atoms with van der Waals surface area (Å²) in [4.78, 5) is 18.2. The van der Waals surface area contributed by atoms with Crippen molar-refractivity contribution in [3.05, 3.63) is 32.1 Å². The minimum atomic E-state index is -1.16. The fourth-order valence-electron chi connectivity index (χ4n) is 1.42. The molecule has 0 saturated heterocycles. The molecule has 0 aromatic carbocycles. The summed E-state index contributed by atoms with van der Waals surface area (Å²) in [5, 5.41) is 22.4. The lowest BCUT2D eigenvalue weighted by molar-refractivity contribution is 0.0737. The van der Waals surface area contributed by atoms with E-state index in [4.69, 9.17) is 0 Å². The maximum Gasteiger partial charge on any atom is 0.252 e. The van der Waals surface area contributed by atoms with Gasteiger partial charge in [-0.2, -0.15) is 0 Å². The number of aromatic nitrogens is 4. The van der Waals surface area contributed by atoms with Gasteiger partial charge in [0.1, 0.15) is 15.6 Å². The van der Waals surface area contributed by atoms with Crippen molar-refractivity contribution in [1.29, 1.82) is 0 Å². The molecule has 0 amide bonds. The highest BCUT2D eigenvalue weighted by Gasteiger charge is 2.19. The first-order valence-electron chi connectivity index (χ1n) is 5.71. The molecular weight excluding hydrogens is 266 g/mol. The minimum Gasteiger partial charge on any atom is -0.384 e. The molecule has 2 aromatic heterocycles. The Hall–Kier alpha value is -1.80. The molecule has 2 heterocycles. The molecule has 7 nitrogen and oxygen atoms in total. The third-order valence-corrected chi connectivity index (χ3v) is 3.18. The average Bonchev–Trinajstić information content (AvgIpc) is 2.71. The molecule has 0 bridgehead atoms. The van der Waals surface area contributed by atoms with Crippen molar-refractivity contribution in [2.45, 2.75) is 32.9 Å². The summed E-state index contributed by atoms with van der Waals surface area (Å²) in [5.74, 6) is 0.303. The molecule has 8 heteroatoms. The van der Waals surface area contributed by atoms with Crippen LogP contribution < -0.4 is 10.9 Å². The number of aromatic amines is 1. The Bertz CT molecular complexity index is 629. The zero-order valence-electron chi connectivity index (χ0n) is 10.9. The Morgan fingerprint density at radius 1 is 1.47 bits per heavy atom. The van der Waals surface area contributed by atoms with E-state index < -0.39 is 5.60 Å². The Morgan fingerprint density at radius 2 is 2.21 bits per heavy atom. The predicted octanol–water partition coefficient (Wildman–Crippen LogP) is 0.769. The van der Waals surface area contributed by atoms with E-state index in [0.29, 0.717) is 18.2 Å². The second-order valence-electron chi connectivity index (χ2n) is 4.61. The molecule has 0 spiro atoms. The molecule has 0 atom stereocenters. The molecule has 2 aromatic rings. The van der Waals surface area contributed by atoms with Gasteiger partial charge in [-0.3, -0.25) is 9.78 Å². The minimum absolute atomic E-state index is 0.303. The standard InChI is InChI=1S/C11H15N5O2S/c1-6-15-16-9(19-6)5-12-10-13-7(11(2,3)18)4-8(17)14-10/h4,18H,5H2,1-3H3,(H2,12,13,14,17). The molecule has 2 rings (SSSR count). The molecular formula is C11H15N5O2S. The predicted molar refractivity (Wildman–Crippen MR) is 72.1 cm³/mol. The molecule has 0 radical (unpaired) electrons. The van der Waals surface area contributed by atoms with Gasteiger partial charge in [0.2, 0.25) is 5.95 Å². The van der Waals surface area contributed by atoms with Crippen LogP contribution in [-0.4, -0.2) is 25.3 Å². The number of hydrogen-bond donors (Lipinski definition) is 3. The second-order valence-corrected chi connectivity index (χ2v) is 5.87. The highest BCUT2D eigenvalue weighted by Crippen LogP contribution is 2.16. The van der Waals surface area contributed by atoms with Crippen LogP contribution in [0.5, 0.6) is 0 Å². The van der Waals surface area contributed by atoms with Gasteiger partial charge in [0.05, 0.1) is 12.2 Å². The van der Waals surface area contributed by atoms with Crippen molar-refractivity contribution in [2.24, 2.45) is 0 Å². The SMILES string of the molecule is Cc1nnc(CNc2nc(C(C)(C)O)cc(=O)[nH]2)s1. The van der Waals surface area contributed by atoms with Crippen molar-refractivity contribution in [1.82, 2.24) is 20.2 Å². The summed E-state index contributed by atoms with van der Waals surface area (Å²) in [5.41, 5.74) is -1.17. The topological polar surface area (TPSA) is 104 Å². The number of H-pyrrole nitrogens is 1. The molecule has 0 unspecified atom stereocenters. The van der Waals surface area contributed by atoms with Crippen LogP contribution in [0.3, 0.4) is 0 Å². The molecule has 0 aliphatic rings. The number of aliphatic hydroxyl groups is 1. The van der Waals surface area contributed by atoms with E-state index in [1.807, 2.05) is 6.92 Å². The molecule has 0 fully saturated rings. The lowest BCUT2D eigenvalue weighted by atomic mass is 10.1. The van der Waals surface area contributed by atoms with Crippen molar-refractivity contribution in [3.63, 3.8) is 0 Å². The van der Waals surface area contributed by atoms with Gasteiger partial charge in [0.15, 0.2) is 0 Å². The van der Waals surface area contributed by atoms with E-state index in [2.05, 4.69) is 25.5 Å². The average molecular weight is 281 g/mol. The van der Waals surface area contributed by atoms with Crippen LogP contribution >= 0.6 is 11.3 Å². The largest absolute Gasteiger partial charge is 0.384 e. The normalized spacial score (nSPS) is 11.6. The third-order valence-electron chi connectivity index (χ3n) is 2.34. The van der Waals surface area contributed by atoms with Crippen LogP contribution in [-0.2, 0) is 12.1 Å². The Balaban J connectivity index is 2.16. The van der Waals surface area contributed by atoms with Crippen LogP contribution in [0.25, 0.3) is 0 Å². The highest BCUT2D eigenvalue weighted by atomic mass is 32.1. The maximum atomic E-state index is 11.5. The maximum absolute atomic E-state index is 11.5. The van der Waals surface area contributed by atoms with Gasteiger partial charge in [-0.25, -0.2) is 4.98 Å². The van der Waals surface area contributed by atoms with Crippen LogP contribution in [0, 0.1) is 6.92 Å². The molecule has 102 valence electrons. The van der Waals surface area contributed by atoms with Gasteiger partial charge < -0.3 is 10.4 Å². The molecule has 0 aliphatic heterocycles. The number of hydrogen-bond acceptors (Lipinski definition) is 7. The fourth-order valence-corrected chi connectivity index (χ4v) is 2.07. The first-order chi connectivity index (χ1) is 8.84. The van der Waals surface area contributed by atoms with Crippen LogP contribution in [0.4, 0.5) is 5.95 Å². The first kappa shape index (κ1) is 13.6. The Morgan fingerprint density at radius 3 is 2.79 bits per heavy atom. The Kier molecular flexibility index (Phi) is 3.63. The van der Waals surface area contributed by atoms with Gasteiger partial charge in [0.25, 0.3) is 5.56 Å². The van der Waals surface area contributed by atoms with E-state index in [1.165, 1.54) is 17.4 Å². The summed E-state index contributed by atoms with van der Waals surface area (Å²) >= 11 is 1.47. The number of nitrogens with zero attached hydrogens (tertiary/aromatic N) is 3. The second kappa shape index (κ2) is 5.06. The number of rotatable bonds is 4. The molecule has 3 N–H and O–H groups in total. The van der Waals surface area contributed by atoms with Gasteiger partial charge in [-0.15, -0.1) is 10.2 Å². The summed E-state index contributed by atoms with van der Waals surface area (Å²) in [6, 6.07) is 1.28. The lowest BCUT2D eigenvalue weighted by Gasteiger charge is -2.16. The smallest absolute Gasteiger partial charge is 0.252 e. The Labute approximate surface area is 113 Å². The zero-order valence-corrected chi connectivity index (χ0v) is 11.7. The van der Waals surface area contributed by atoms with Gasteiger partial charge in [-0.05, 0) is 20.8 Å². The highest BCUT2D eigenvalue weighted by molar-refractivity contribution is 7.11. The van der Waals surface area contributed by atoms with Crippen molar-refractivity contribution >= 4 is 17.3 Å². The monoisotopic (exact) mass is 281 g/mol. The number of nitrogens with one attached hydrogen (secondary N) is 2. The van der Waals surface area contributed by atoms with E-state index in [1.54, 1.807) is 13.8 Å². The fraction of sp³-hybridized carbons (Fsp3) is 0.455. The van der Waals surface area contributed by atoms with Gasteiger partial charge in [0, 0.05) is 6.07 Å². The van der Waals surface area contributed by atoms with E-state index in [-0.39, 0.29) is 5.56 Å². The molecule has 0 saturated carbocycles. The van der Waals surface area contributed by atoms with Crippen LogP contribution in [0.15, 0.2) is 10.9 Å². The lowest BCUT2D eigenvalue weighted by Crippen LogP contribution is -2.23. The van der Waals surface area contributed by atoms with Crippen molar-refractivity contribution < 1.29 is 5.11 Å². The van der Waals surface area contributed by atoms with Gasteiger partial charge >= 0.3 is 0 Å². The first-order valence-corrected chi connectivity index (χ1v) is 6.53. The van der Waals surface area contributed by atoms with E-state index in [0.717, 1.165) is 10.0 Å². The number of anilines is 1. The summed E-state index contributed by atoms with van der Waals surface area (Å²) in [6.07, 6.45) is 0.